The average Bonchev–Trinajstić information content (AvgIpc) is 2.63. The molecule has 0 aliphatic heterocycles. The Hall–Kier alpha value is -1.56. The van der Waals surface area contributed by atoms with Crippen LogP contribution in [0.5, 0.6) is 0 Å². The van der Waals surface area contributed by atoms with Crippen molar-refractivity contribution in [2.75, 3.05) is 0 Å². The van der Waals surface area contributed by atoms with Crippen molar-refractivity contribution in [1.29, 1.82) is 0 Å². The number of hydrogen-bond acceptors (Lipinski definition) is 0. The molecule has 2 aromatic rings. The maximum atomic E-state index is 2.41. The summed E-state index contributed by atoms with van der Waals surface area (Å²) in [4.78, 5) is 0. The first-order valence-electron chi connectivity index (χ1n) is 11.7. The predicted molar refractivity (Wildman–Crippen MR) is 135 cm³/mol. The molecular formula is C29H48. The van der Waals surface area contributed by atoms with Crippen molar-refractivity contribution in [3.8, 4) is 0 Å². The lowest BCUT2D eigenvalue weighted by atomic mass is 9.74. The van der Waals surface area contributed by atoms with Crippen molar-refractivity contribution in [1.82, 2.24) is 0 Å². The standard InChI is InChI=1S/C25H36.2C2H6/c1-15(2)23-17(5)11-21(12-18(23)6)25(9,10)22-13-19(7)24(16(3)4)20(8)14-22;2*1-2/h11-16H,1-10H3;2*1-2H3. The normalized spacial score (nSPS) is 11.0. The molecule has 0 saturated heterocycles. The Morgan fingerprint density at radius 1 is 0.517 bits per heavy atom. The monoisotopic (exact) mass is 396 g/mol. The van der Waals surface area contributed by atoms with E-state index in [-0.39, 0.29) is 5.41 Å². The van der Waals surface area contributed by atoms with Crippen LogP contribution in [0.25, 0.3) is 0 Å². The Bertz CT molecular complexity index is 661. The van der Waals surface area contributed by atoms with Crippen molar-refractivity contribution < 1.29 is 0 Å². The molecule has 164 valence electrons. The molecule has 0 bridgehead atoms. The van der Waals surface area contributed by atoms with Gasteiger partial charge in [0.1, 0.15) is 0 Å². The molecule has 0 aliphatic rings. The smallest absolute Gasteiger partial charge is 0.0146 e. The molecule has 0 heterocycles. The second kappa shape index (κ2) is 11.6. The minimum atomic E-state index is 0.00998. The molecule has 29 heavy (non-hydrogen) atoms. The van der Waals surface area contributed by atoms with E-state index in [9.17, 15) is 0 Å². The topological polar surface area (TPSA) is 0 Å². The number of benzene rings is 2. The molecular weight excluding hydrogens is 348 g/mol. The maximum absolute atomic E-state index is 2.41. The highest BCUT2D eigenvalue weighted by atomic mass is 14.3. The third-order valence-electron chi connectivity index (χ3n) is 5.79. The summed E-state index contributed by atoms with van der Waals surface area (Å²) in [6, 6.07) is 9.62. The number of aryl methyl sites for hydroxylation is 4. The lowest BCUT2D eigenvalue weighted by Crippen LogP contribution is -2.21. The van der Waals surface area contributed by atoms with Gasteiger partial charge in [-0.2, -0.15) is 0 Å². The molecule has 0 amide bonds. The van der Waals surface area contributed by atoms with E-state index in [0.717, 1.165) is 0 Å². The SMILES string of the molecule is CC.CC.Cc1cc(C(C)(C)c2cc(C)c(C(C)C)c(C)c2)cc(C)c1C(C)C. The summed E-state index contributed by atoms with van der Waals surface area (Å²) >= 11 is 0. The molecule has 2 rings (SSSR count). The zero-order valence-electron chi connectivity index (χ0n) is 22.0. The van der Waals surface area contributed by atoms with Gasteiger partial charge in [0, 0.05) is 5.41 Å². The summed E-state index contributed by atoms with van der Waals surface area (Å²) in [5, 5.41) is 0. The van der Waals surface area contributed by atoms with Crippen molar-refractivity contribution >= 4 is 0 Å². The number of rotatable bonds is 4. The lowest BCUT2D eigenvalue weighted by Gasteiger charge is -2.30. The van der Waals surface area contributed by atoms with Crippen LogP contribution in [0.1, 0.15) is 126 Å². The van der Waals surface area contributed by atoms with E-state index in [1.807, 2.05) is 27.7 Å². The summed E-state index contributed by atoms with van der Waals surface area (Å²) in [5.74, 6) is 1.15. The Morgan fingerprint density at radius 2 is 0.724 bits per heavy atom. The molecule has 0 fully saturated rings. The van der Waals surface area contributed by atoms with Gasteiger partial charge in [-0.05, 0) is 84.0 Å². The van der Waals surface area contributed by atoms with Crippen LogP contribution in [0.4, 0.5) is 0 Å². The van der Waals surface area contributed by atoms with Crippen LogP contribution in [0.15, 0.2) is 24.3 Å². The molecule has 0 radical (unpaired) electrons. The predicted octanol–water partition coefficient (Wildman–Crippen LogP) is 9.55. The molecule has 0 aromatic heterocycles. The van der Waals surface area contributed by atoms with Crippen molar-refractivity contribution in [2.45, 2.75) is 114 Å². The zero-order valence-corrected chi connectivity index (χ0v) is 22.0. The Kier molecular flexibility index (Phi) is 11.0. The second-order valence-corrected chi connectivity index (χ2v) is 8.98. The van der Waals surface area contributed by atoms with Gasteiger partial charge >= 0.3 is 0 Å². The Morgan fingerprint density at radius 3 is 0.897 bits per heavy atom. The molecule has 0 unspecified atom stereocenters. The van der Waals surface area contributed by atoms with E-state index in [4.69, 9.17) is 0 Å². The molecule has 0 heteroatoms. The molecule has 0 aliphatic carbocycles. The van der Waals surface area contributed by atoms with Gasteiger partial charge in [-0.3, -0.25) is 0 Å². The fourth-order valence-electron chi connectivity index (χ4n) is 4.66. The van der Waals surface area contributed by atoms with Gasteiger partial charge in [-0.1, -0.05) is 93.5 Å². The second-order valence-electron chi connectivity index (χ2n) is 8.98. The maximum Gasteiger partial charge on any atom is 0.0146 e. The average molecular weight is 397 g/mol. The van der Waals surface area contributed by atoms with Gasteiger partial charge in [0.2, 0.25) is 0 Å². The van der Waals surface area contributed by atoms with Gasteiger partial charge in [0.25, 0.3) is 0 Å². The fraction of sp³-hybridized carbons (Fsp3) is 0.586. The van der Waals surface area contributed by atoms with E-state index >= 15 is 0 Å². The van der Waals surface area contributed by atoms with E-state index in [1.165, 1.54) is 44.5 Å². The Labute approximate surface area is 183 Å². The third kappa shape index (κ3) is 6.21. The van der Waals surface area contributed by atoms with Gasteiger partial charge in [-0.25, -0.2) is 0 Å². The summed E-state index contributed by atoms with van der Waals surface area (Å²) in [6.07, 6.45) is 0. The first-order chi connectivity index (χ1) is 13.5. The summed E-state index contributed by atoms with van der Waals surface area (Å²) < 4.78 is 0. The van der Waals surface area contributed by atoms with E-state index in [2.05, 4.69) is 93.5 Å². The zero-order chi connectivity index (χ0) is 23.1. The highest BCUT2D eigenvalue weighted by Crippen LogP contribution is 2.37. The molecule has 0 atom stereocenters. The summed E-state index contributed by atoms with van der Waals surface area (Å²) in [7, 11) is 0. The summed E-state index contributed by atoms with van der Waals surface area (Å²) in [6.45, 7) is 30.9. The highest BCUT2D eigenvalue weighted by molar-refractivity contribution is 5.49. The van der Waals surface area contributed by atoms with Crippen LogP contribution >= 0.6 is 0 Å². The van der Waals surface area contributed by atoms with Crippen molar-refractivity contribution in [3.05, 3.63) is 68.8 Å². The van der Waals surface area contributed by atoms with Crippen LogP contribution in [0, 0.1) is 27.7 Å². The van der Waals surface area contributed by atoms with Gasteiger partial charge in [0.05, 0.1) is 0 Å². The van der Waals surface area contributed by atoms with Crippen molar-refractivity contribution in [2.24, 2.45) is 0 Å². The van der Waals surface area contributed by atoms with Gasteiger partial charge in [0.15, 0.2) is 0 Å². The minimum Gasteiger partial charge on any atom is -0.0683 e. The fourth-order valence-corrected chi connectivity index (χ4v) is 4.66. The molecule has 0 saturated carbocycles. The molecule has 0 spiro atoms. The molecule has 2 aromatic carbocycles. The number of hydrogen-bond donors (Lipinski definition) is 0. The van der Waals surface area contributed by atoms with E-state index in [0.29, 0.717) is 11.8 Å². The minimum absolute atomic E-state index is 0.00998. The first-order valence-corrected chi connectivity index (χ1v) is 11.7. The van der Waals surface area contributed by atoms with Crippen LogP contribution < -0.4 is 0 Å². The van der Waals surface area contributed by atoms with Crippen molar-refractivity contribution in [3.63, 3.8) is 0 Å². The van der Waals surface area contributed by atoms with Gasteiger partial charge < -0.3 is 0 Å². The van der Waals surface area contributed by atoms with Crippen LogP contribution in [-0.2, 0) is 5.41 Å². The van der Waals surface area contributed by atoms with Crippen LogP contribution in [0.3, 0.4) is 0 Å². The van der Waals surface area contributed by atoms with Gasteiger partial charge in [-0.15, -0.1) is 0 Å². The lowest BCUT2D eigenvalue weighted by molar-refractivity contribution is 0.635. The Balaban J connectivity index is 0.00000184. The van der Waals surface area contributed by atoms with Crippen LogP contribution in [0.2, 0.25) is 0 Å². The quantitative estimate of drug-likeness (QED) is 0.482. The largest absolute Gasteiger partial charge is 0.0683 e. The first kappa shape index (κ1) is 27.4. The molecule has 0 nitrogen and oxygen atoms in total. The molecule has 0 N–H and O–H groups in total. The van der Waals surface area contributed by atoms with E-state index in [1.54, 1.807) is 0 Å². The third-order valence-corrected chi connectivity index (χ3v) is 5.79. The summed E-state index contributed by atoms with van der Waals surface area (Å²) in [5.41, 5.74) is 11.5. The highest BCUT2D eigenvalue weighted by Gasteiger charge is 2.26. The van der Waals surface area contributed by atoms with E-state index < -0.39 is 0 Å². The van der Waals surface area contributed by atoms with Crippen LogP contribution in [-0.4, -0.2) is 0 Å².